The number of anilines is 1. The van der Waals surface area contributed by atoms with Gasteiger partial charge in [-0.15, -0.1) is 0 Å². The highest BCUT2D eigenvalue weighted by molar-refractivity contribution is 6.31. The van der Waals surface area contributed by atoms with E-state index in [4.69, 9.17) is 16.3 Å². The number of fused-ring (bicyclic) bond motifs is 1. The van der Waals surface area contributed by atoms with E-state index >= 15 is 0 Å². The Kier molecular flexibility index (Phi) is 4.64. The fourth-order valence-corrected chi connectivity index (χ4v) is 3.15. The Hall–Kier alpha value is -3.12. The molecule has 0 amide bonds. The van der Waals surface area contributed by atoms with Crippen molar-refractivity contribution in [2.75, 3.05) is 12.4 Å². The highest BCUT2D eigenvalue weighted by Crippen LogP contribution is 2.24. The first-order chi connectivity index (χ1) is 13.2. The predicted octanol–water partition coefficient (Wildman–Crippen LogP) is 4.40. The van der Waals surface area contributed by atoms with Crippen LogP contribution in [0.25, 0.3) is 16.9 Å². The van der Waals surface area contributed by atoms with Gasteiger partial charge in [-0.05, 0) is 30.7 Å². The van der Waals surface area contributed by atoms with E-state index < -0.39 is 0 Å². The molecule has 0 saturated heterocycles. The Bertz CT molecular complexity index is 1090. The summed E-state index contributed by atoms with van der Waals surface area (Å²) in [6.45, 7) is 2.53. The van der Waals surface area contributed by atoms with Gasteiger partial charge in [-0.1, -0.05) is 29.8 Å². The molecule has 2 aromatic carbocycles. The van der Waals surface area contributed by atoms with Crippen LogP contribution in [0.3, 0.4) is 0 Å². The third-order valence-electron chi connectivity index (χ3n) is 4.31. The number of aromatic nitrogens is 4. The number of rotatable bonds is 5. The first-order valence-corrected chi connectivity index (χ1v) is 8.86. The van der Waals surface area contributed by atoms with E-state index in [1.54, 1.807) is 19.5 Å². The molecule has 2 aromatic heterocycles. The molecule has 0 bridgehead atoms. The molecular formula is C20H18ClN5O. The van der Waals surface area contributed by atoms with Crippen molar-refractivity contribution < 1.29 is 4.74 Å². The Morgan fingerprint density at radius 2 is 1.96 bits per heavy atom. The van der Waals surface area contributed by atoms with Gasteiger partial charge in [-0.3, -0.25) is 4.57 Å². The maximum absolute atomic E-state index is 6.18. The molecule has 2 heterocycles. The van der Waals surface area contributed by atoms with Crippen molar-refractivity contribution in [2.45, 2.75) is 13.5 Å². The summed E-state index contributed by atoms with van der Waals surface area (Å²) in [5.74, 6) is 3.01. The van der Waals surface area contributed by atoms with Crippen molar-refractivity contribution in [3.8, 4) is 11.6 Å². The number of methoxy groups -OCH3 is 1. The van der Waals surface area contributed by atoms with Crippen LogP contribution < -0.4 is 10.1 Å². The van der Waals surface area contributed by atoms with Crippen molar-refractivity contribution in [1.29, 1.82) is 0 Å². The summed E-state index contributed by atoms with van der Waals surface area (Å²) >= 11 is 6.18. The first-order valence-electron chi connectivity index (χ1n) is 8.48. The summed E-state index contributed by atoms with van der Waals surface area (Å²) in [7, 11) is 1.64. The van der Waals surface area contributed by atoms with Crippen molar-refractivity contribution in [3.05, 3.63) is 71.3 Å². The van der Waals surface area contributed by atoms with Crippen LogP contribution >= 0.6 is 11.6 Å². The van der Waals surface area contributed by atoms with Gasteiger partial charge in [0.25, 0.3) is 0 Å². The third-order valence-corrected chi connectivity index (χ3v) is 4.68. The maximum Gasteiger partial charge on any atom is 0.157 e. The number of aryl methyl sites for hydroxylation is 1. The second-order valence-electron chi connectivity index (χ2n) is 6.05. The van der Waals surface area contributed by atoms with Gasteiger partial charge in [-0.2, -0.15) is 0 Å². The smallest absolute Gasteiger partial charge is 0.157 e. The van der Waals surface area contributed by atoms with Gasteiger partial charge in [0.1, 0.15) is 17.4 Å². The zero-order valence-corrected chi connectivity index (χ0v) is 15.7. The molecule has 0 saturated carbocycles. The Balaban J connectivity index is 1.58. The predicted molar refractivity (Wildman–Crippen MR) is 107 cm³/mol. The molecule has 0 spiro atoms. The van der Waals surface area contributed by atoms with Crippen molar-refractivity contribution in [2.24, 2.45) is 0 Å². The highest BCUT2D eigenvalue weighted by Gasteiger charge is 2.11. The van der Waals surface area contributed by atoms with Crippen LogP contribution in [0.2, 0.25) is 5.02 Å². The summed E-state index contributed by atoms with van der Waals surface area (Å²) in [4.78, 5) is 13.6. The molecule has 0 aliphatic carbocycles. The minimum Gasteiger partial charge on any atom is -0.497 e. The second kappa shape index (κ2) is 7.25. The minimum atomic E-state index is 0.584. The normalized spacial score (nSPS) is 10.9. The molecule has 1 N–H and O–H groups in total. The van der Waals surface area contributed by atoms with Gasteiger partial charge >= 0.3 is 0 Å². The van der Waals surface area contributed by atoms with Crippen LogP contribution in [-0.4, -0.2) is 26.6 Å². The molecule has 0 unspecified atom stereocenters. The number of halogens is 1. The molecule has 4 aromatic rings. The van der Waals surface area contributed by atoms with Crippen molar-refractivity contribution in [3.63, 3.8) is 0 Å². The third kappa shape index (κ3) is 3.44. The van der Waals surface area contributed by atoms with E-state index in [-0.39, 0.29) is 0 Å². The maximum atomic E-state index is 6.18. The molecule has 6 nitrogen and oxygen atoms in total. The van der Waals surface area contributed by atoms with Crippen LogP contribution in [0.1, 0.15) is 11.4 Å². The lowest BCUT2D eigenvalue weighted by atomic mass is 10.2. The largest absolute Gasteiger partial charge is 0.497 e. The monoisotopic (exact) mass is 379 g/mol. The molecule has 4 rings (SSSR count). The summed E-state index contributed by atoms with van der Waals surface area (Å²) in [6, 6.07) is 13.5. The second-order valence-corrected chi connectivity index (χ2v) is 6.46. The summed E-state index contributed by atoms with van der Waals surface area (Å²) < 4.78 is 7.24. The standard InChI is InChI=1S/C20H18ClN5O/c1-13-25-17-9-15(27-2)7-8-18(17)26(13)20-12-23-19(11-24-20)22-10-14-5-3-4-6-16(14)21/h3-9,11-12H,10H2,1-2H3,(H,22,23). The van der Waals surface area contributed by atoms with Crippen LogP contribution in [0.5, 0.6) is 5.75 Å². The lowest BCUT2D eigenvalue weighted by molar-refractivity contribution is 0.415. The number of benzene rings is 2. The fraction of sp³-hybridized carbons (Fsp3) is 0.150. The minimum absolute atomic E-state index is 0.584. The zero-order valence-electron chi connectivity index (χ0n) is 15.0. The van der Waals surface area contributed by atoms with Gasteiger partial charge in [0.15, 0.2) is 5.82 Å². The number of hydrogen-bond donors (Lipinski definition) is 1. The molecule has 27 heavy (non-hydrogen) atoms. The van der Waals surface area contributed by atoms with E-state index in [0.29, 0.717) is 18.2 Å². The summed E-state index contributed by atoms with van der Waals surface area (Å²) in [5, 5.41) is 3.97. The van der Waals surface area contributed by atoms with E-state index in [1.165, 1.54) is 0 Å². The fourth-order valence-electron chi connectivity index (χ4n) is 2.95. The molecule has 136 valence electrons. The number of imidazole rings is 1. The van der Waals surface area contributed by atoms with Crippen molar-refractivity contribution in [1.82, 2.24) is 19.5 Å². The number of hydrogen-bond acceptors (Lipinski definition) is 5. The van der Waals surface area contributed by atoms with E-state index in [1.807, 2.05) is 54.0 Å². The van der Waals surface area contributed by atoms with Crippen molar-refractivity contribution >= 4 is 28.5 Å². The lowest BCUT2D eigenvalue weighted by Crippen LogP contribution is -2.05. The van der Waals surface area contributed by atoms with Crippen LogP contribution in [0.4, 0.5) is 5.82 Å². The topological polar surface area (TPSA) is 64.9 Å². The molecule has 0 aliphatic rings. The summed E-state index contributed by atoms with van der Waals surface area (Å²) in [6.07, 6.45) is 3.44. The van der Waals surface area contributed by atoms with E-state index in [0.717, 1.165) is 33.2 Å². The van der Waals surface area contributed by atoms with Crippen LogP contribution in [0, 0.1) is 6.92 Å². The molecule has 0 fully saturated rings. The molecule has 0 aliphatic heterocycles. The average molecular weight is 380 g/mol. The molecular weight excluding hydrogens is 362 g/mol. The van der Waals surface area contributed by atoms with Crippen LogP contribution in [0.15, 0.2) is 54.9 Å². The Morgan fingerprint density at radius 3 is 2.70 bits per heavy atom. The van der Waals surface area contributed by atoms with Gasteiger partial charge in [0.2, 0.25) is 0 Å². The average Bonchev–Trinajstić information content (AvgIpc) is 3.02. The van der Waals surface area contributed by atoms with Crippen LogP contribution in [-0.2, 0) is 6.54 Å². The zero-order chi connectivity index (χ0) is 18.8. The SMILES string of the molecule is COc1ccc2c(c1)nc(C)n2-c1cnc(NCc2ccccc2Cl)cn1. The Labute approximate surface area is 161 Å². The van der Waals surface area contributed by atoms with E-state index in [9.17, 15) is 0 Å². The summed E-state index contributed by atoms with van der Waals surface area (Å²) in [5.41, 5.74) is 2.82. The van der Waals surface area contributed by atoms with Gasteiger partial charge in [-0.25, -0.2) is 15.0 Å². The highest BCUT2D eigenvalue weighted by atomic mass is 35.5. The number of nitrogens with zero attached hydrogens (tertiary/aromatic N) is 4. The number of ether oxygens (including phenoxy) is 1. The molecule has 0 atom stereocenters. The molecule has 0 radical (unpaired) electrons. The molecule has 7 heteroatoms. The van der Waals surface area contributed by atoms with Gasteiger partial charge < -0.3 is 10.1 Å². The first kappa shape index (κ1) is 17.3. The quantitative estimate of drug-likeness (QED) is 0.556. The van der Waals surface area contributed by atoms with Gasteiger partial charge in [0, 0.05) is 17.6 Å². The van der Waals surface area contributed by atoms with Gasteiger partial charge in [0.05, 0.1) is 30.5 Å². The lowest BCUT2D eigenvalue weighted by Gasteiger charge is -2.09. The van der Waals surface area contributed by atoms with E-state index in [2.05, 4.69) is 20.3 Å². The number of nitrogens with one attached hydrogen (secondary N) is 1. The Morgan fingerprint density at radius 1 is 1.11 bits per heavy atom.